The van der Waals surface area contributed by atoms with E-state index in [0.29, 0.717) is 11.3 Å². The molecule has 0 aliphatic heterocycles. The quantitative estimate of drug-likeness (QED) is 0.174. The van der Waals surface area contributed by atoms with Crippen LogP contribution in [-0.2, 0) is 4.74 Å². The third kappa shape index (κ3) is 20.5. The van der Waals surface area contributed by atoms with E-state index in [9.17, 15) is 31.1 Å². The van der Waals surface area contributed by atoms with Crippen LogP contribution in [0.15, 0.2) is 54.6 Å². The Morgan fingerprint density at radius 3 is 1.89 bits per heavy atom. The number of Topliss-reactive ketones (excluding diaryl/α,β-unsaturated/α-hetero) is 1. The van der Waals surface area contributed by atoms with E-state index < -0.39 is 37.4 Å². The number of halogens is 6. The van der Waals surface area contributed by atoms with Gasteiger partial charge in [-0.3, -0.25) is 9.53 Å². The first-order valence-corrected chi connectivity index (χ1v) is 10.9. The zero-order valence-corrected chi connectivity index (χ0v) is 20.2. The second kappa shape index (κ2) is 16.1. The number of benzene rings is 2. The van der Waals surface area contributed by atoms with Crippen molar-refractivity contribution in [1.29, 1.82) is 0 Å². The van der Waals surface area contributed by atoms with Gasteiger partial charge in [0.1, 0.15) is 12.0 Å². The van der Waals surface area contributed by atoms with Gasteiger partial charge in [0, 0.05) is 12.0 Å². The second-order valence-corrected chi connectivity index (χ2v) is 8.21. The van der Waals surface area contributed by atoms with Gasteiger partial charge in [0.2, 0.25) is 0 Å². The molecule has 0 unspecified atom stereocenters. The Balaban J connectivity index is 0.000000581. The molecule has 0 saturated carbocycles. The summed E-state index contributed by atoms with van der Waals surface area (Å²) in [7, 11) is 0. The van der Waals surface area contributed by atoms with Crippen molar-refractivity contribution in [2.75, 3.05) is 6.61 Å². The summed E-state index contributed by atoms with van der Waals surface area (Å²) in [6.07, 6.45) is -11.9. The monoisotopic (exact) mass is 509 g/mol. The molecular formula is C25H33F6NO3. The number of alkyl halides is 6. The summed E-state index contributed by atoms with van der Waals surface area (Å²) < 4.78 is 79.2. The molecule has 2 aromatic rings. The van der Waals surface area contributed by atoms with Crippen LogP contribution < -0.4 is 10.5 Å². The van der Waals surface area contributed by atoms with Crippen molar-refractivity contribution in [3.63, 3.8) is 0 Å². The predicted molar refractivity (Wildman–Crippen MR) is 123 cm³/mol. The molecule has 0 aliphatic rings. The van der Waals surface area contributed by atoms with Crippen molar-refractivity contribution < 1.29 is 40.6 Å². The van der Waals surface area contributed by atoms with Gasteiger partial charge in [-0.1, -0.05) is 68.8 Å². The van der Waals surface area contributed by atoms with Crippen LogP contribution in [-0.4, -0.2) is 31.2 Å². The van der Waals surface area contributed by atoms with Crippen molar-refractivity contribution in [3.05, 3.63) is 65.7 Å². The molecule has 0 aliphatic carbocycles. The van der Waals surface area contributed by atoms with E-state index in [1.165, 1.54) is 12.1 Å². The van der Waals surface area contributed by atoms with Gasteiger partial charge in [-0.2, -0.15) is 13.2 Å². The smallest absolute Gasteiger partial charge is 0.494 e. The standard InChI is InChI=1S/C11H12F3NO2.C10H11F3O.C4H10/c1-7-2-4-8(5-3-7)9(16)6-10(15)17-11(12,13)14;11-10(12,13)7-4-8-14-9-5-2-1-3-6-9;1-4(2)3/h2-5,10H,6,15H2,1H3;1-3,5-6H,4,7-8H2;4H,1-3H3/t10-;;/m0../s1. The Morgan fingerprint density at radius 2 is 1.43 bits per heavy atom. The van der Waals surface area contributed by atoms with Gasteiger partial charge >= 0.3 is 12.5 Å². The molecule has 0 fully saturated rings. The van der Waals surface area contributed by atoms with Crippen molar-refractivity contribution in [3.8, 4) is 5.75 Å². The minimum Gasteiger partial charge on any atom is -0.494 e. The summed E-state index contributed by atoms with van der Waals surface area (Å²) in [5.41, 5.74) is 6.34. The Kier molecular flexibility index (Phi) is 15.0. The molecule has 10 heteroatoms. The highest BCUT2D eigenvalue weighted by Gasteiger charge is 2.33. The fraction of sp³-hybridized carbons (Fsp3) is 0.480. The highest BCUT2D eigenvalue weighted by Crippen LogP contribution is 2.21. The second-order valence-electron chi connectivity index (χ2n) is 8.21. The van der Waals surface area contributed by atoms with E-state index in [-0.39, 0.29) is 13.0 Å². The minimum absolute atomic E-state index is 0.00159. The van der Waals surface area contributed by atoms with Crippen LogP contribution in [0.5, 0.6) is 5.75 Å². The maximum Gasteiger partial charge on any atom is 0.524 e. The molecule has 0 amide bonds. The fourth-order valence-electron chi connectivity index (χ4n) is 2.23. The Hall–Kier alpha value is -2.59. The van der Waals surface area contributed by atoms with Crippen LogP contribution >= 0.6 is 0 Å². The number of hydrogen-bond donors (Lipinski definition) is 1. The summed E-state index contributed by atoms with van der Waals surface area (Å²) in [4.78, 5) is 11.5. The maximum absolute atomic E-state index is 11.8. The zero-order valence-electron chi connectivity index (χ0n) is 20.2. The van der Waals surface area contributed by atoms with Gasteiger partial charge in [0.05, 0.1) is 13.0 Å². The molecule has 1 atom stereocenters. The number of aryl methyl sites for hydroxylation is 1. The van der Waals surface area contributed by atoms with E-state index in [1.54, 1.807) is 36.4 Å². The lowest BCUT2D eigenvalue weighted by atomic mass is 10.1. The molecular weight excluding hydrogens is 476 g/mol. The lowest BCUT2D eigenvalue weighted by Crippen LogP contribution is -2.33. The molecule has 0 heterocycles. The molecule has 2 N–H and O–H groups in total. The Labute approximate surface area is 202 Å². The van der Waals surface area contributed by atoms with Gasteiger partial charge in [-0.15, -0.1) is 13.2 Å². The number of rotatable bonds is 8. The van der Waals surface area contributed by atoms with Crippen molar-refractivity contribution >= 4 is 5.78 Å². The SMILES string of the molecule is CC(C)C.Cc1ccc(C(=O)C[C@@H](N)OC(F)(F)F)cc1.FC(F)(F)CCCOc1ccccc1. The number of ether oxygens (including phenoxy) is 2. The molecule has 0 saturated heterocycles. The average Bonchev–Trinajstić information content (AvgIpc) is 2.70. The van der Waals surface area contributed by atoms with E-state index in [1.807, 2.05) is 13.0 Å². The topological polar surface area (TPSA) is 61.6 Å². The van der Waals surface area contributed by atoms with Crippen LogP contribution in [0.25, 0.3) is 0 Å². The first kappa shape index (κ1) is 32.4. The highest BCUT2D eigenvalue weighted by atomic mass is 19.4. The van der Waals surface area contributed by atoms with Gasteiger partial charge in [0.25, 0.3) is 0 Å². The lowest BCUT2D eigenvalue weighted by Gasteiger charge is -2.14. The number of hydrogen-bond acceptors (Lipinski definition) is 4. The summed E-state index contributed by atoms with van der Waals surface area (Å²) >= 11 is 0. The molecule has 198 valence electrons. The molecule has 0 aromatic heterocycles. The Morgan fingerprint density at radius 1 is 0.914 bits per heavy atom. The fourth-order valence-corrected chi connectivity index (χ4v) is 2.23. The number of carbonyl (C=O) groups is 1. The first-order chi connectivity index (χ1) is 16.1. The third-order valence-electron chi connectivity index (χ3n) is 3.66. The highest BCUT2D eigenvalue weighted by molar-refractivity contribution is 5.96. The predicted octanol–water partition coefficient (Wildman–Crippen LogP) is 7.46. The van der Waals surface area contributed by atoms with Gasteiger partial charge in [0.15, 0.2) is 5.78 Å². The molecule has 0 spiro atoms. The van der Waals surface area contributed by atoms with Gasteiger partial charge in [-0.05, 0) is 31.4 Å². The van der Waals surface area contributed by atoms with E-state index in [4.69, 9.17) is 10.5 Å². The van der Waals surface area contributed by atoms with E-state index in [2.05, 4.69) is 25.5 Å². The average molecular weight is 510 g/mol. The summed E-state index contributed by atoms with van der Waals surface area (Å²) in [5, 5.41) is 0. The van der Waals surface area contributed by atoms with Crippen LogP contribution in [0.3, 0.4) is 0 Å². The van der Waals surface area contributed by atoms with E-state index in [0.717, 1.165) is 11.5 Å². The van der Waals surface area contributed by atoms with Crippen LogP contribution in [0.2, 0.25) is 0 Å². The first-order valence-electron chi connectivity index (χ1n) is 10.9. The summed E-state index contributed by atoms with van der Waals surface area (Å²) in [6, 6.07) is 15.3. The molecule has 2 rings (SSSR count). The van der Waals surface area contributed by atoms with Crippen LogP contribution in [0.1, 0.15) is 56.0 Å². The van der Waals surface area contributed by atoms with Crippen LogP contribution in [0, 0.1) is 12.8 Å². The van der Waals surface area contributed by atoms with Gasteiger partial charge in [-0.25, -0.2) is 0 Å². The zero-order chi connectivity index (χ0) is 27.1. The van der Waals surface area contributed by atoms with E-state index >= 15 is 0 Å². The number of ketones is 1. The number of nitrogens with two attached hydrogens (primary N) is 1. The molecule has 0 bridgehead atoms. The van der Waals surface area contributed by atoms with Gasteiger partial charge < -0.3 is 10.5 Å². The molecule has 0 radical (unpaired) electrons. The van der Waals surface area contributed by atoms with Crippen molar-refractivity contribution in [1.82, 2.24) is 0 Å². The van der Waals surface area contributed by atoms with Crippen LogP contribution in [0.4, 0.5) is 26.3 Å². The third-order valence-corrected chi connectivity index (χ3v) is 3.66. The molecule has 2 aromatic carbocycles. The van der Waals surface area contributed by atoms with Crippen molar-refractivity contribution in [2.45, 2.75) is 65.7 Å². The largest absolute Gasteiger partial charge is 0.524 e. The molecule has 4 nitrogen and oxygen atoms in total. The summed E-state index contributed by atoms with van der Waals surface area (Å²) in [6.45, 7) is 8.44. The van der Waals surface area contributed by atoms with Crippen molar-refractivity contribution in [2.24, 2.45) is 11.7 Å². The number of carbonyl (C=O) groups excluding carboxylic acids is 1. The molecule has 35 heavy (non-hydrogen) atoms. The Bertz CT molecular complexity index is 819. The normalized spacial score (nSPS) is 12.1. The summed E-state index contributed by atoms with van der Waals surface area (Å²) in [5.74, 6) is 0.955. The maximum atomic E-state index is 11.8. The lowest BCUT2D eigenvalue weighted by molar-refractivity contribution is -0.341. The minimum atomic E-state index is -4.83. The number of para-hydroxylation sites is 1.